The summed E-state index contributed by atoms with van der Waals surface area (Å²) in [5.74, 6) is 1.56. The molecule has 5 rings (SSSR count). The first kappa shape index (κ1) is 22.7. The maximum atomic E-state index is 13.2. The number of amides is 2. The number of rotatable bonds is 6. The van der Waals surface area contributed by atoms with E-state index >= 15 is 0 Å². The van der Waals surface area contributed by atoms with Gasteiger partial charge in [-0.15, -0.1) is 0 Å². The Bertz CT molecular complexity index is 1120. The van der Waals surface area contributed by atoms with Crippen LogP contribution in [0.1, 0.15) is 36.5 Å². The number of hydrogen-bond acceptors (Lipinski definition) is 6. The molecule has 0 unspecified atom stereocenters. The average molecular weight is 465 g/mol. The van der Waals surface area contributed by atoms with Crippen LogP contribution in [-0.4, -0.2) is 91.8 Å². The normalized spacial score (nSPS) is 20.3. The van der Waals surface area contributed by atoms with E-state index in [1.54, 1.807) is 14.0 Å². The van der Waals surface area contributed by atoms with Crippen molar-refractivity contribution in [1.82, 2.24) is 14.7 Å². The van der Waals surface area contributed by atoms with Gasteiger partial charge in [0.2, 0.25) is 5.91 Å². The Kier molecular flexibility index (Phi) is 6.41. The third-order valence-electron chi connectivity index (χ3n) is 7.11. The average Bonchev–Trinajstić information content (AvgIpc) is 3.28. The molecule has 2 fully saturated rings. The van der Waals surface area contributed by atoms with Gasteiger partial charge in [-0.1, -0.05) is 0 Å². The van der Waals surface area contributed by atoms with Crippen molar-refractivity contribution in [3.8, 4) is 11.5 Å². The van der Waals surface area contributed by atoms with Gasteiger partial charge < -0.3 is 19.3 Å². The summed E-state index contributed by atoms with van der Waals surface area (Å²) in [6.45, 7) is 7.30. The van der Waals surface area contributed by atoms with Gasteiger partial charge in [-0.3, -0.25) is 19.5 Å². The number of aliphatic imine (C=N–C) groups is 1. The van der Waals surface area contributed by atoms with Crippen molar-refractivity contribution in [2.24, 2.45) is 4.99 Å². The molecule has 0 spiro atoms. The zero-order valence-electron chi connectivity index (χ0n) is 20.0. The molecule has 34 heavy (non-hydrogen) atoms. The van der Waals surface area contributed by atoms with Crippen LogP contribution in [0.15, 0.2) is 29.3 Å². The molecule has 2 saturated heterocycles. The zero-order valence-corrected chi connectivity index (χ0v) is 20.0. The summed E-state index contributed by atoms with van der Waals surface area (Å²) >= 11 is 0. The summed E-state index contributed by atoms with van der Waals surface area (Å²) in [5.41, 5.74) is 1.36. The highest BCUT2D eigenvalue weighted by Crippen LogP contribution is 2.37. The first-order chi connectivity index (χ1) is 16.5. The summed E-state index contributed by atoms with van der Waals surface area (Å²) in [6.07, 6.45) is 4.79. The lowest BCUT2D eigenvalue weighted by molar-refractivity contribution is -0.130. The highest BCUT2D eigenvalue weighted by Gasteiger charge is 2.31. The van der Waals surface area contributed by atoms with Crippen molar-refractivity contribution in [3.63, 3.8) is 0 Å². The standard InChI is InChI=1S/C26H32N4O4/c1-18(31)29-10-8-28(9-11-29)6-4-12-34-25-16-19-13-22-23(14-20(19)15-24(25)33-2)27-17-21-5-3-7-30(21)26(22)32/h13-17,21H,3-12H2,1-2H3/t21-/m0/s1. The van der Waals surface area contributed by atoms with E-state index in [1.165, 1.54) is 0 Å². The third kappa shape index (κ3) is 4.46. The van der Waals surface area contributed by atoms with Gasteiger partial charge in [0.05, 0.1) is 31.0 Å². The summed E-state index contributed by atoms with van der Waals surface area (Å²) in [5, 5.41) is 1.91. The predicted octanol–water partition coefficient (Wildman–Crippen LogP) is 3.10. The second kappa shape index (κ2) is 9.62. The monoisotopic (exact) mass is 464 g/mol. The van der Waals surface area contributed by atoms with E-state index in [2.05, 4.69) is 9.89 Å². The highest BCUT2D eigenvalue weighted by atomic mass is 16.5. The lowest BCUT2D eigenvalue weighted by atomic mass is 10.0. The fourth-order valence-electron chi connectivity index (χ4n) is 5.12. The summed E-state index contributed by atoms with van der Waals surface area (Å²) in [4.78, 5) is 35.5. The van der Waals surface area contributed by atoms with Gasteiger partial charge in [0, 0.05) is 52.4 Å². The fourth-order valence-corrected chi connectivity index (χ4v) is 5.12. The van der Waals surface area contributed by atoms with Gasteiger partial charge in [-0.2, -0.15) is 0 Å². The quantitative estimate of drug-likeness (QED) is 0.614. The van der Waals surface area contributed by atoms with Gasteiger partial charge in [-0.25, -0.2) is 0 Å². The molecule has 2 aromatic carbocycles. The number of nitrogens with zero attached hydrogens (tertiary/aromatic N) is 4. The fraction of sp³-hybridized carbons (Fsp3) is 0.500. The zero-order chi connectivity index (χ0) is 23.7. The Hall–Kier alpha value is -3.13. The number of methoxy groups -OCH3 is 1. The van der Waals surface area contributed by atoms with Crippen molar-refractivity contribution >= 4 is 34.5 Å². The maximum Gasteiger partial charge on any atom is 0.256 e. The van der Waals surface area contributed by atoms with Crippen LogP contribution >= 0.6 is 0 Å². The summed E-state index contributed by atoms with van der Waals surface area (Å²) in [7, 11) is 1.64. The van der Waals surface area contributed by atoms with E-state index < -0.39 is 0 Å². The van der Waals surface area contributed by atoms with E-state index in [1.807, 2.05) is 40.3 Å². The number of carbonyl (C=O) groups is 2. The number of piperazine rings is 1. The van der Waals surface area contributed by atoms with Crippen LogP contribution in [0.25, 0.3) is 10.8 Å². The van der Waals surface area contributed by atoms with Crippen LogP contribution in [0.4, 0.5) is 5.69 Å². The molecule has 2 amide bonds. The van der Waals surface area contributed by atoms with Gasteiger partial charge in [0.25, 0.3) is 5.91 Å². The molecule has 0 radical (unpaired) electrons. The molecule has 2 aromatic rings. The minimum Gasteiger partial charge on any atom is -0.493 e. The van der Waals surface area contributed by atoms with Crippen LogP contribution in [0, 0.1) is 0 Å². The van der Waals surface area contributed by atoms with Crippen LogP contribution in [0.5, 0.6) is 11.5 Å². The van der Waals surface area contributed by atoms with E-state index in [9.17, 15) is 9.59 Å². The molecular formula is C26H32N4O4. The van der Waals surface area contributed by atoms with Gasteiger partial charge >= 0.3 is 0 Å². The molecule has 3 heterocycles. The van der Waals surface area contributed by atoms with Gasteiger partial charge in [-0.05, 0) is 54.3 Å². The van der Waals surface area contributed by atoms with Crippen LogP contribution in [0.2, 0.25) is 0 Å². The highest BCUT2D eigenvalue weighted by molar-refractivity contribution is 6.07. The molecular weight excluding hydrogens is 432 g/mol. The molecule has 8 nitrogen and oxygen atoms in total. The SMILES string of the molecule is COc1cc2cc3c(cc2cc1OCCCN1CCN(C(C)=O)CC1)C(=O)N1CCC[C@H]1C=N3. The number of ether oxygens (including phenoxy) is 2. The second-order valence-electron chi connectivity index (χ2n) is 9.26. The molecule has 0 saturated carbocycles. The molecule has 0 N–H and O–H groups in total. The number of benzene rings is 2. The number of carbonyl (C=O) groups excluding carboxylic acids is 2. The smallest absolute Gasteiger partial charge is 0.256 e. The molecule has 8 heteroatoms. The van der Waals surface area contributed by atoms with Crippen LogP contribution < -0.4 is 9.47 Å². The molecule has 3 aliphatic heterocycles. The molecule has 1 atom stereocenters. The Morgan fingerprint density at radius 3 is 2.59 bits per heavy atom. The maximum absolute atomic E-state index is 13.2. The lowest BCUT2D eigenvalue weighted by Gasteiger charge is -2.34. The van der Waals surface area contributed by atoms with Crippen LogP contribution in [-0.2, 0) is 4.79 Å². The molecule has 3 aliphatic rings. The van der Waals surface area contributed by atoms with E-state index in [0.29, 0.717) is 29.4 Å². The van der Waals surface area contributed by atoms with Crippen molar-refractivity contribution in [1.29, 1.82) is 0 Å². The first-order valence-electron chi connectivity index (χ1n) is 12.1. The van der Waals surface area contributed by atoms with E-state index in [-0.39, 0.29) is 17.9 Å². The largest absolute Gasteiger partial charge is 0.493 e. The summed E-state index contributed by atoms with van der Waals surface area (Å²) < 4.78 is 11.7. The lowest BCUT2D eigenvalue weighted by Crippen LogP contribution is -2.48. The second-order valence-corrected chi connectivity index (χ2v) is 9.26. The topological polar surface area (TPSA) is 74.7 Å². The Labute approximate surface area is 200 Å². The number of fused-ring (bicyclic) bond motifs is 3. The van der Waals surface area contributed by atoms with E-state index in [4.69, 9.17) is 9.47 Å². The van der Waals surface area contributed by atoms with Crippen LogP contribution in [0.3, 0.4) is 0 Å². The minimum absolute atomic E-state index is 0.0556. The predicted molar refractivity (Wildman–Crippen MR) is 132 cm³/mol. The van der Waals surface area contributed by atoms with Crippen molar-refractivity contribution in [3.05, 3.63) is 29.8 Å². The molecule has 0 aliphatic carbocycles. The van der Waals surface area contributed by atoms with Gasteiger partial charge in [0.15, 0.2) is 11.5 Å². The Morgan fingerprint density at radius 2 is 1.82 bits per heavy atom. The molecule has 0 bridgehead atoms. The van der Waals surface area contributed by atoms with Crippen molar-refractivity contribution < 1.29 is 19.1 Å². The minimum atomic E-state index is 0.0556. The summed E-state index contributed by atoms with van der Waals surface area (Å²) in [6, 6.07) is 7.92. The van der Waals surface area contributed by atoms with Crippen molar-refractivity contribution in [2.75, 3.05) is 53.0 Å². The number of hydrogen-bond donors (Lipinski definition) is 0. The Morgan fingerprint density at radius 1 is 1.06 bits per heavy atom. The first-order valence-corrected chi connectivity index (χ1v) is 12.1. The van der Waals surface area contributed by atoms with Gasteiger partial charge in [0.1, 0.15) is 0 Å². The Balaban J connectivity index is 1.27. The molecule has 180 valence electrons. The molecule has 0 aromatic heterocycles. The third-order valence-corrected chi connectivity index (χ3v) is 7.11. The van der Waals surface area contributed by atoms with Crippen molar-refractivity contribution in [2.45, 2.75) is 32.2 Å². The van der Waals surface area contributed by atoms with E-state index in [0.717, 1.165) is 69.3 Å².